The lowest BCUT2D eigenvalue weighted by atomic mass is 9.96. The molecule has 0 unspecified atom stereocenters. The largest absolute Gasteiger partial charge is 0.310 e. The van der Waals surface area contributed by atoms with Crippen molar-refractivity contribution >= 4 is 10.0 Å². The molecule has 5 heteroatoms. The van der Waals surface area contributed by atoms with E-state index in [2.05, 4.69) is 10.0 Å². The summed E-state index contributed by atoms with van der Waals surface area (Å²) in [5.74, 6) is 0. The molecule has 2 aliphatic rings. The summed E-state index contributed by atoms with van der Waals surface area (Å²) in [5, 5.41) is 3.40. The van der Waals surface area contributed by atoms with E-state index in [1.54, 1.807) is 12.1 Å². The predicted molar refractivity (Wildman–Crippen MR) is 83.5 cm³/mol. The number of hydrogen-bond acceptors (Lipinski definition) is 3. The molecule has 0 heterocycles. The van der Waals surface area contributed by atoms with Crippen LogP contribution in [0.1, 0.15) is 50.5 Å². The Labute approximate surface area is 127 Å². The molecule has 2 saturated carbocycles. The third kappa shape index (κ3) is 4.05. The fourth-order valence-corrected chi connectivity index (χ4v) is 4.50. The van der Waals surface area contributed by atoms with Gasteiger partial charge in [-0.25, -0.2) is 13.1 Å². The number of sulfonamides is 1. The van der Waals surface area contributed by atoms with Crippen molar-refractivity contribution in [1.82, 2.24) is 10.0 Å². The summed E-state index contributed by atoms with van der Waals surface area (Å²) in [6.45, 7) is 0.631. The van der Waals surface area contributed by atoms with Crippen LogP contribution in [0.25, 0.3) is 0 Å². The zero-order valence-corrected chi connectivity index (χ0v) is 13.2. The normalized spacial score (nSPS) is 20.6. The Hall–Kier alpha value is -0.910. The van der Waals surface area contributed by atoms with Crippen molar-refractivity contribution in [2.45, 2.75) is 68.5 Å². The van der Waals surface area contributed by atoms with Gasteiger partial charge in [0.1, 0.15) is 0 Å². The zero-order valence-electron chi connectivity index (χ0n) is 12.3. The Balaban J connectivity index is 1.73. The SMILES string of the molecule is O=S(=O)(NC1CCCCC1)c1ccccc1CNC1CC1. The molecule has 0 bridgehead atoms. The summed E-state index contributed by atoms with van der Waals surface area (Å²) < 4.78 is 28.2. The molecule has 0 spiro atoms. The van der Waals surface area contributed by atoms with E-state index in [9.17, 15) is 8.42 Å². The lowest BCUT2D eigenvalue weighted by Crippen LogP contribution is -2.36. The van der Waals surface area contributed by atoms with E-state index >= 15 is 0 Å². The van der Waals surface area contributed by atoms with Crippen LogP contribution in [0.4, 0.5) is 0 Å². The van der Waals surface area contributed by atoms with Crippen LogP contribution < -0.4 is 10.0 Å². The molecule has 0 amide bonds. The van der Waals surface area contributed by atoms with Crippen molar-refractivity contribution < 1.29 is 8.42 Å². The Kier molecular flexibility index (Phi) is 4.62. The average Bonchev–Trinajstić information content (AvgIpc) is 3.30. The molecule has 0 aromatic heterocycles. The lowest BCUT2D eigenvalue weighted by molar-refractivity contribution is 0.412. The standard InChI is InChI=1S/C16H24N2O2S/c19-21(20,18-15-7-2-1-3-8-15)16-9-5-4-6-13(16)12-17-14-10-11-14/h4-6,9,14-15,17-18H,1-3,7-8,10-12H2. The maximum atomic E-state index is 12.6. The summed E-state index contributed by atoms with van der Waals surface area (Å²) in [5.41, 5.74) is 0.868. The van der Waals surface area contributed by atoms with Gasteiger partial charge in [-0.2, -0.15) is 0 Å². The summed E-state index contributed by atoms with van der Waals surface area (Å²) in [6.07, 6.45) is 7.80. The number of benzene rings is 1. The summed E-state index contributed by atoms with van der Waals surface area (Å²) >= 11 is 0. The summed E-state index contributed by atoms with van der Waals surface area (Å²) in [4.78, 5) is 0.434. The molecule has 0 saturated heterocycles. The molecule has 1 aromatic carbocycles. The number of nitrogens with one attached hydrogen (secondary N) is 2. The first-order valence-electron chi connectivity index (χ1n) is 7.99. The van der Waals surface area contributed by atoms with Gasteiger partial charge in [0.25, 0.3) is 0 Å². The van der Waals surface area contributed by atoms with Crippen molar-refractivity contribution in [3.05, 3.63) is 29.8 Å². The van der Waals surface area contributed by atoms with Gasteiger partial charge >= 0.3 is 0 Å². The minimum Gasteiger partial charge on any atom is -0.310 e. The first-order valence-corrected chi connectivity index (χ1v) is 9.47. The third-order valence-electron chi connectivity index (χ3n) is 4.35. The third-order valence-corrected chi connectivity index (χ3v) is 5.97. The molecule has 0 aliphatic heterocycles. The second kappa shape index (κ2) is 6.46. The minimum absolute atomic E-state index is 0.105. The van der Waals surface area contributed by atoms with Gasteiger partial charge in [-0.15, -0.1) is 0 Å². The highest BCUT2D eigenvalue weighted by Crippen LogP contribution is 2.23. The molecule has 0 radical (unpaired) electrons. The number of hydrogen-bond donors (Lipinski definition) is 2. The Morgan fingerprint density at radius 2 is 1.67 bits per heavy atom. The molecule has 2 aliphatic carbocycles. The smallest absolute Gasteiger partial charge is 0.241 e. The van der Waals surface area contributed by atoms with Gasteiger partial charge in [0.2, 0.25) is 10.0 Å². The van der Waals surface area contributed by atoms with Crippen molar-refractivity contribution in [3.63, 3.8) is 0 Å². The topological polar surface area (TPSA) is 58.2 Å². The van der Waals surface area contributed by atoms with Crippen molar-refractivity contribution in [2.75, 3.05) is 0 Å². The van der Waals surface area contributed by atoms with E-state index in [1.807, 2.05) is 12.1 Å². The predicted octanol–water partition coefficient (Wildman–Crippen LogP) is 2.55. The van der Waals surface area contributed by atoms with Crippen LogP contribution in [0.3, 0.4) is 0 Å². The first-order chi connectivity index (χ1) is 10.1. The van der Waals surface area contributed by atoms with Crippen LogP contribution in [0, 0.1) is 0 Å². The molecule has 2 fully saturated rings. The molecule has 21 heavy (non-hydrogen) atoms. The second-order valence-corrected chi connectivity index (χ2v) is 7.90. The van der Waals surface area contributed by atoms with Crippen LogP contribution in [-0.2, 0) is 16.6 Å². The van der Waals surface area contributed by atoms with E-state index in [0.29, 0.717) is 17.5 Å². The molecule has 4 nitrogen and oxygen atoms in total. The molecular weight excluding hydrogens is 284 g/mol. The van der Waals surface area contributed by atoms with E-state index < -0.39 is 10.0 Å². The Bertz CT molecular complexity index is 576. The summed E-state index contributed by atoms with van der Waals surface area (Å²) in [6, 6.07) is 8.01. The maximum absolute atomic E-state index is 12.6. The van der Waals surface area contributed by atoms with E-state index in [-0.39, 0.29) is 6.04 Å². The monoisotopic (exact) mass is 308 g/mol. The van der Waals surface area contributed by atoms with Crippen molar-refractivity contribution in [2.24, 2.45) is 0 Å². The maximum Gasteiger partial charge on any atom is 0.241 e. The highest BCUT2D eigenvalue weighted by molar-refractivity contribution is 7.89. The van der Waals surface area contributed by atoms with Crippen LogP contribution in [0.2, 0.25) is 0 Å². The van der Waals surface area contributed by atoms with Crippen LogP contribution in [0.15, 0.2) is 29.2 Å². The minimum atomic E-state index is -3.41. The molecule has 3 rings (SSSR count). The average molecular weight is 308 g/mol. The van der Waals surface area contributed by atoms with Crippen LogP contribution in [0.5, 0.6) is 0 Å². The molecule has 116 valence electrons. The van der Waals surface area contributed by atoms with Crippen molar-refractivity contribution in [3.8, 4) is 0 Å². The van der Waals surface area contributed by atoms with Gasteiger partial charge in [-0.05, 0) is 37.3 Å². The highest BCUT2D eigenvalue weighted by Gasteiger charge is 2.25. The Morgan fingerprint density at radius 1 is 0.952 bits per heavy atom. The van der Waals surface area contributed by atoms with E-state index in [1.165, 1.54) is 19.3 Å². The van der Waals surface area contributed by atoms with Gasteiger partial charge in [0, 0.05) is 18.6 Å². The van der Waals surface area contributed by atoms with Gasteiger partial charge < -0.3 is 5.32 Å². The highest BCUT2D eigenvalue weighted by atomic mass is 32.2. The van der Waals surface area contributed by atoms with Crippen LogP contribution >= 0.6 is 0 Å². The first kappa shape index (κ1) is 15.0. The lowest BCUT2D eigenvalue weighted by Gasteiger charge is -2.23. The molecule has 0 atom stereocenters. The van der Waals surface area contributed by atoms with Gasteiger partial charge in [0.05, 0.1) is 4.90 Å². The van der Waals surface area contributed by atoms with Crippen LogP contribution in [-0.4, -0.2) is 20.5 Å². The van der Waals surface area contributed by atoms with Crippen molar-refractivity contribution in [1.29, 1.82) is 0 Å². The fourth-order valence-electron chi connectivity index (χ4n) is 2.96. The van der Waals surface area contributed by atoms with Gasteiger partial charge in [0.15, 0.2) is 0 Å². The second-order valence-electron chi connectivity index (χ2n) is 6.22. The van der Waals surface area contributed by atoms with Gasteiger partial charge in [-0.1, -0.05) is 37.5 Å². The Morgan fingerprint density at radius 3 is 2.38 bits per heavy atom. The number of rotatable bonds is 6. The van der Waals surface area contributed by atoms with E-state index in [4.69, 9.17) is 0 Å². The zero-order chi connectivity index (χ0) is 14.7. The fraction of sp³-hybridized carbons (Fsp3) is 0.625. The summed E-state index contributed by atoms with van der Waals surface area (Å²) in [7, 11) is -3.41. The van der Waals surface area contributed by atoms with Gasteiger partial charge in [-0.3, -0.25) is 0 Å². The molecular formula is C16H24N2O2S. The molecule has 2 N–H and O–H groups in total. The quantitative estimate of drug-likeness (QED) is 0.849. The molecule has 1 aromatic rings. The van der Waals surface area contributed by atoms with E-state index in [0.717, 1.165) is 31.2 Å².